The van der Waals surface area contributed by atoms with Crippen molar-refractivity contribution in [3.8, 4) is 5.69 Å². The van der Waals surface area contributed by atoms with Gasteiger partial charge in [0.1, 0.15) is 0 Å². The lowest BCUT2D eigenvalue weighted by Crippen LogP contribution is -2.55. The smallest absolute Gasteiger partial charge is 0.275 e. The van der Waals surface area contributed by atoms with Gasteiger partial charge in [-0.3, -0.25) is 9.89 Å². The number of benzene rings is 4. The fourth-order valence-corrected chi connectivity index (χ4v) is 7.80. The van der Waals surface area contributed by atoms with Crippen LogP contribution in [-0.4, -0.2) is 39.2 Å². The van der Waals surface area contributed by atoms with Crippen LogP contribution in [0.15, 0.2) is 132 Å². The molecule has 2 atom stereocenters. The summed E-state index contributed by atoms with van der Waals surface area (Å²) in [7, 11) is 2.08. The molecule has 1 aliphatic heterocycles. The second kappa shape index (κ2) is 11.9. The third-order valence-corrected chi connectivity index (χ3v) is 10.1. The molecule has 7 rings (SSSR count). The largest absolute Gasteiger partial charge is 0.392 e. The van der Waals surface area contributed by atoms with Gasteiger partial charge >= 0.3 is 0 Å². The average molecular weight is 612 g/mol. The maximum absolute atomic E-state index is 13.9. The fraction of sp³-hybridized carbons (Fsp3) is 0.275. The Morgan fingerprint density at radius 2 is 1.30 bits per heavy atom. The predicted molar refractivity (Wildman–Crippen MR) is 184 cm³/mol. The molecule has 1 fully saturated rings. The molecule has 1 aromatic heterocycles. The van der Waals surface area contributed by atoms with Crippen molar-refractivity contribution in [3.05, 3.63) is 165 Å². The summed E-state index contributed by atoms with van der Waals surface area (Å²) in [6.45, 7) is 4.04. The van der Waals surface area contributed by atoms with E-state index in [9.17, 15) is 15.0 Å². The molecule has 0 radical (unpaired) electrons. The number of nitrogens with one attached hydrogen (secondary N) is 1. The zero-order valence-electron chi connectivity index (χ0n) is 26.5. The topological polar surface area (TPSA) is 81.5 Å². The summed E-state index contributed by atoms with van der Waals surface area (Å²) in [5, 5.41) is 26.9. The number of para-hydroxylation sites is 2. The molecule has 1 saturated carbocycles. The molecule has 0 saturated heterocycles. The van der Waals surface area contributed by atoms with Gasteiger partial charge in [0.2, 0.25) is 0 Å². The van der Waals surface area contributed by atoms with Gasteiger partial charge < -0.3 is 15.1 Å². The summed E-state index contributed by atoms with van der Waals surface area (Å²) in [4.78, 5) is 16.1. The van der Waals surface area contributed by atoms with Crippen LogP contribution >= 0.6 is 0 Å². The third-order valence-electron chi connectivity index (χ3n) is 10.1. The molecule has 4 aromatic carbocycles. The Hall–Kier alpha value is -4.65. The monoisotopic (exact) mass is 611 g/mol. The lowest BCUT2D eigenvalue weighted by Gasteiger charge is -2.46. The number of likely N-dealkylation sites (N-methyl/N-ethyl adjacent to an activating group) is 1. The Bertz CT molecular complexity index is 1860. The molecule has 5 aromatic rings. The van der Waals surface area contributed by atoms with E-state index in [4.69, 9.17) is 0 Å². The molecule has 6 heteroatoms. The number of H-pyrrole nitrogens is 1. The van der Waals surface area contributed by atoms with E-state index in [-0.39, 0.29) is 11.5 Å². The van der Waals surface area contributed by atoms with Crippen LogP contribution in [0, 0.1) is 5.92 Å². The van der Waals surface area contributed by atoms with Gasteiger partial charge in [-0.15, -0.1) is 0 Å². The highest BCUT2D eigenvalue weighted by Crippen LogP contribution is 2.53. The van der Waals surface area contributed by atoms with E-state index >= 15 is 0 Å². The summed E-state index contributed by atoms with van der Waals surface area (Å²) in [5.41, 5.74) is 7.13. The number of aliphatic hydroxyl groups excluding tert-OH is 2. The highest BCUT2D eigenvalue weighted by molar-refractivity contribution is 5.71. The van der Waals surface area contributed by atoms with Crippen LogP contribution in [0.25, 0.3) is 5.69 Å². The first kappa shape index (κ1) is 30.0. The summed E-state index contributed by atoms with van der Waals surface area (Å²) in [6.07, 6.45) is 1.77. The third kappa shape index (κ3) is 4.93. The van der Waals surface area contributed by atoms with E-state index < -0.39 is 29.5 Å². The Kier molecular flexibility index (Phi) is 7.79. The maximum atomic E-state index is 13.9. The quantitative estimate of drug-likeness (QED) is 0.188. The van der Waals surface area contributed by atoms with Gasteiger partial charge in [0.05, 0.1) is 17.9 Å². The molecule has 0 amide bonds. The van der Waals surface area contributed by atoms with Crippen LogP contribution in [0.2, 0.25) is 0 Å². The predicted octanol–water partition coefficient (Wildman–Crippen LogP) is 6.48. The zero-order chi connectivity index (χ0) is 32.0. The Balaban J connectivity index is 1.32. The first-order valence-corrected chi connectivity index (χ1v) is 16.2. The molecule has 0 spiro atoms. The Morgan fingerprint density at radius 1 is 0.783 bits per heavy atom. The van der Waals surface area contributed by atoms with Crippen LogP contribution in [0.5, 0.6) is 0 Å². The van der Waals surface area contributed by atoms with Crippen molar-refractivity contribution in [2.45, 2.75) is 56.1 Å². The number of hydrogen-bond donors (Lipinski definition) is 3. The highest BCUT2D eigenvalue weighted by atomic mass is 16.3. The number of hydrogen-bond acceptors (Lipinski definition) is 4. The normalized spacial score (nSPS) is 22.7. The van der Waals surface area contributed by atoms with E-state index in [1.165, 1.54) is 21.4 Å². The van der Waals surface area contributed by atoms with E-state index in [1.54, 1.807) is 0 Å². The highest BCUT2D eigenvalue weighted by Gasteiger charge is 2.54. The van der Waals surface area contributed by atoms with Crippen LogP contribution in [0.4, 0.5) is 5.69 Å². The fourth-order valence-electron chi connectivity index (χ4n) is 7.80. The van der Waals surface area contributed by atoms with Crippen molar-refractivity contribution in [1.29, 1.82) is 0 Å². The van der Waals surface area contributed by atoms with Crippen molar-refractivity contribution < 1.29 is 10.2 Å². The van der Waals surface area contributed by atoms with Crippen molar-refractivity contribution in [3.63, 3.8) is 0 Å². The standard InChI is InChI=1S/C40H41N3O3/c1-26(2)36-34(39(46)43(41-36)29-19-11-6-12-20-29)35-37(44)30(38(35)45)23-33-40(24-27-15-7-4-8-16-27,25-28-17-9-5-10-18-28)31-21-13-14-22-32(31)42(33)3/h4-23,26,30,35,37-38,41,44-45H,24-25H2,1-3H3. The van der Waals surface area contributed by atoms with Gasteiger partial charge in [0.25, 0.3) is 5.56 Å². The van der Waals surface area contributed by atoms with Gasteiger partial charge in [-0.2, -0.15) is 0 Å². The summed E-state index contributed by atoms with van der Waals surface area (Å²) in [6, 6.07) is 39.0. The van der Waals surface area contributed by atoms with Crippen molar-refractivity contribution in [2.24, 2.45) is 5.92 Å². The van der Waals surface area contributed by atoms with Gasteiger partial charge in [0, 0.05) is 46.9 Å². The van der Waals surface area contributed by atoms with Crippen LogP contribution in [0.1, 0.15) is 53.6 Å². The van der Waals surface area contributed by atoms with Crippen molar-refractivity contribution >= 4 is 5.69 Å². The summed E-state index contributed by atoms with van der Waals surface area (Å²) < 4.78 is 1.53. The molecule has 234 valence electrons. The Labute approximate surface area is 270 Å². The molecule has 3 N–H and O–H groups in total. The van der Waals surface area contributed by atoms with Crippen LogP contribution in [-0.2, 0) is 18.3 Å². The van der Waals surface area contributed by atoms with E-state index in [1.807, 2.05) is 56.3 Å². The second-order valence-corrected chi connectivity index (χ2v) is 13.2. The molecular formula is C40H41N3O3. The van der Waals surface area contributed by atoms with Crippen LogP contribution in [0.3, 0.4) is 0 Å². The Morgan fingerprint density at radius 3 is 1.87 bits per heavy atom. The summed E-state index contributed by atoms with van der Waals surface area (Å²) >= 11 is 0. The first-order chi connectivity index (χ1) is 22.3. The molecular weight excluding hydrogens is 570 g/mol. The van der Waals surface area contributed by atoms with E-state index in [0.717, 1.165) is 35.6 Å². The number of fused-ring (bicyclic) bond motifs is 1. The molecule has 1 aliphatic carbocycles. The minimum atomic E-state index is -0.920. The van der Waals surface area contributed by atoms with Crippen molar-refractivity contribution in [1.82, 2.24) is 9.78 Å². The number of aliphatic hydroxyl groups is 2. The lowest BCUT2D eigenvalue weighted by atomic mass is 9.63. The van der Waals surface area contributed by atoms with Gasteiger partial charge in [-0.1, -0.05) is 117 Å². The molecule has 46 heavy (non-hydrogen) atoms. The molecule has 0 bridgehead atoms. The number of aromatic nitrogens is 2. The minimum absolute atomic E-state index is 0.00401. The van der Waals surface area contributed by atoms with Crippen molar-refractivity contribution in [2.75, 3.05) is 11.9 Å². The SMILES string of the molecule is CC(C)c1[nH]n(-c2ccccc2)c(=O)c1C1C(O)C(C=C2N(C)c3ccccc3C2(Cc2ccccc2)Cc2ccccc2)C1O. The molecule has 2 unspecified atom stereocenters. The van der Waals surface area contributed by atoms with Gasteiger partial charge in [0.15, 0.2) is 0 Å². The molecule has 2 aliphatic rings. The average Bonchev–Trinajstić information content (AvgIpc) is 3.52. The van der Waals surface area contributed by atoms with E-state index in [2.05, 4.69) is 95.9 Å². The van der Waals surface area contributed by atoms with E-state index in [0.29, 0.717) is 5.56 Å². The minimum Gasteiger partial charge on any atom is -0.392 e. The molecule has 6 nitrogen and oxygen atoms in total. The summed E-state index contributed by atoms with van der Waals surface area (Å²) in [5.74, 6) is -1.23. The molecule has 2 heterocycles. The number of anilines is 1. The van der Waals surface area contributed by atoms with Crippen LogP contribution < -0.4 is 10.5 Å². The number of aromatic amines is 1. The van der Waals surface area contributed by atoms with Gasteiger partial charge in [-0.25, -0.2) is 4.68 Å². The van der Waals surface area contributed by atoms with Gasteiger partial charge in [-0.05, 0) is 53.6 Å². The number of nitrogens with zero attached hydrogens (tertiary/aromatic N) is 2. The number of allylic oxidation sites excluding steroid dienone is 1. The zero-order valence-corrected chi connectivity index (χ0v) is 26.5. The second-order valence-electron chi connectivity index (χ2n) is 13.2. The maximum Gasteiger partial charge on any atom is 0.275 e. The lowest BCUT2D eigenvalue weighted by molar-refractivity contribution is -0.0954. The first-order valence-electron chi connectivity index (χ1n) is 16.2. The number of rotatable bonds is 8.